The highest BCUT2D eigenvalue weighted by Crippen LogP contribution is 2.22. The second-order valence-corrected chi connectivity index (χ2v) is 4.58. The lowest BCUT2D eigenvalue weighted by Crippen LogP contribution is -2.21. The molecule has 5 nitrogen and oxygen atoms in total. The Balaban J connectivity index is 2.11. The molecule has 0 spiro atoms. The normalized spacial score (nSPS) is 18.3. The van der Waals surface area contributed by atoms with E-state index in [1.165, 1.54) is 13.2 Å². The quantitative estimate of drug-likeness (QED) is 0.841. The van der Waals surface area contributed by atoms with Crippen molar-refractivity contribution in [1.29, 1.82) is 0 Å². The molecule has 1 aliphatic rings. The summed E-state index contributed by atoms with van der Waals surface area (Å²) in [7, 11) is 3.09. The van der Waals surface area contributed by atoms with E-state index in [-0.39, 0.29) is 12.7 Å². The minimum atomic E-state index is -0.402. The summed E-state index contributed by atoms with van der Waals surface area (Å²) >= 11 is 0. The van der Waals surface area contributed by atoms with Crippen molar-refractivity contribution >= 4 is 12.0 Å². The molecule has 1 heterocycles. The molecule has 0 radical (unpaired) electrons. The van der Waals surface area contributed by atoms with Crippen molar-refractivity contribution in [2.45, 2.75) is 19.1 Å². The summed E-state index contributed by atoms with van der Waals surface area (Å²) in [6, 6.07) is 5.48. The lowest BCUT2D eigenvalue weighted by molar-refractivity contribution is -0.142. The molecule has 0 aliphatic carbocycles. The lowest BCUT2D eigenvalue weighted by Gasteiger charge is -2.19. The van der Waals surface area contributed by atoms with Gasteiger partial charge >= 0.3 is 5.97 Å². The molecule has 21 heavy (non-hydrogen) atoms. The van der Waals surface area contributed by atoms with E-state index in [4.69, 9.17) is 14.2 Å². The van der Waals surface area contributed by atoms with Crippen molar-refractivity contribution in [3.63, 3.8) is 0 Å². The molecule has 1 N–H and O–H groups in total. The Morgan fingerprint density at radius 1 is 1.38 bits per heavy atom. The first kappa shape index (κ1) is 15.1. The number of aliphatic hydroxyl groups excluding tert-OH is 1. The minimum Gasteiger partial charge on any atom is -0.501 e. The van der Waals surface area contributed by atoms with Crippen LogP contribution in [0.5, 0.6) is 5.75 Å². The summed E-state index contributed by atoms with van der Waals surface area (Å²) in [4.78, 5) is 11.4. The van der Waals surface area contributed by atoms with Gasteiger partial charge in [-0.05, 0) is 17.7 Å². The third kappa shape index (κ3) is 3.86. The van der Waals surface area contributed by atoms with Crippen LogP contribution in [0.15, 0.2) is 36.1 Å². The van der Waals surface area contributed by atoms with E-state index in [2.05, 4.69) is 0 Å². The van der Waals surface area contributed by atoms with Gasteiger partial charge in [-0.1, -0.05) is 18.2 Å². The molecule has 1 atom stereocenters. The third-order valence-electron chi connectivity index (χ3n) is 3.20. The molecule has 1 aromatic rings. The second-order valence-electron chi connectivity index (χ2n) is 4.58. The van der Waals surface area contributed by atoms with Crippen LogP contribution in [0.25, 0.3) is 6.08 Å². The summed E-state index contributed by atoms with van der Waals surface area (Å²) < 4.78 is 15.5. The van der Waals surface area contributed by atoms with Gasteiger partial charge in [-0.3, -0.25) is 0 Å². The first-order valence-corrected chi connectivity index (χ1v) is 6.57. The molecule has 0 aromatic heterocycles. The zero-order chi connectivity index (χ0) is 15.2. The lowest BCUT2D eigenvalue weighted by atomic mass is 10.1. The molecular formula is C16H18O5. The number of cyclic esters (lactones) is 1. The first-order chi connectivity index (χ1) is 10.2. The molecule has 112 valence electrons. The molecule has 0 fully saturated rings. The van der Waals surface area contributed by atoms with Crippen molar-refractivity contribution < 1.29 is 24.1 Å². The summed E-state index contributed by atoms with van der Waals surface area (Å²) in [6.45, 7) is -0.0740. The van der Waals surface area contributed by atoms with Crippen molar-refractivity contribution in [3.8, 4) is 5.75 Å². The van der Waals surface area contributed by atoms with E-state index < -0.39 is 5.97 Å². The molecule has 1 aromatic carbocycles. The minimum absolute atomic E-state index is 0.0740. The monoisotopic (exact) mass is 290 g/mol. The van der Waals surface area contributed by atoms with Crippen LogP contribution in [0.3, 0.4) is 0 Å². The average Bonchev–Trinajstić information content (AvgIpc) is 2.52. The maximum atomic E-state index is 11.4. The Morgan fingerprint density at radius 2 is 2.19 bits per heavy atom. The summed E-state index contributed by atoms with van der Waals surface area (Å²) in [5.41, 5.74) is 1.62. The van der Waals surface area contributed by atoms with Gasteiger partial charge in [0.2, 0.25) is 0 Å². The molecule has 0 saturated heterocycles. The van der Waals surface area contributed by atoms with Crippen molar-refractivity contribution in [1.82, 2.24) is 0 Å². The highest BCUT2D eigenvalue weighted by Gasteiger charge is 2.19. The standard InChI is InChI=1S/C16H18O5/c1-19-14-8-13(21-16(18)9-14)6-4-11-3-5-12(10-17)15(7-11)20-2/h3-7,9,13,17H,8,10H2,1-2H3/b6-4+. The van der Waals surface area contributed by atoms with Crippen molar-refractivity contribution in [2.75, 3.05) is 14.2 Å². The van der Waals surface area contributed by atoms with Crippen molar-refractivity contribution in [3.05, 3.63) is 47.2 Å². The van der Waals surface area contributed by atoms with Gasteiger partial charge in [-0.25, -0.2) is 4.79 Å². The number of benzene rings is 1. The van der Waals surface area contributed by atoms with Gasteiger partial charge in [-0.15, -0.1) is 0 Å². The fourth-order valence-corrected chi connectivity index (χ4v) is 2.08. The summed E-state index contributed by atoms with van der Waals surface area (Å²) in [5, 5.41) is 9.18. The Kier molecular flexibility index (Phi) is 5.00. The molecule has 1 unspecified atom stereocenters. The Labute approximate surface area is 123 Å². The zero-order valence-electron chi connectivity index (χ0n) is 12.0. The van der Waals surface area contributed by atoms with Gasteiger partial charge < -0.3 is 19.3 Å². The number of carbonyl (C=O) groups excluding carboxylic acids is 1. The Morgan fingerprint density at radius 3 is 2.86 bits per heavy atom. The number of carbonyl (C=O) groups is 1. The van der Waals surface area contributed by atoms with Crippen LogP contribution in [0, 0.1) is 0 Å². The molecule has 0 amide bonds. The highest BCUT2D eigenvalue weighted by atomic mass is 16.5. The fraction of sp³-hybridized carbons (Fsp3) is 0.312. The number of ether oxygens (including phenoxy) is 3. The van der Waals surface area contributed by atoms with Crippen LogP contribution in [0.2, 0.25) is 0 Å². The predicted octanol–water partition coefficient (Wildman–Crippen LogP) is 2.05. The maximum Gasteiger partial charge on any atom is 0.334 e. The number of rotatable bonds is 5. The van der Waals surface area contributed by atoms with E-state index in [9.17, 15) is 9.90 Å². The largest absolute Gasteiger partial charge is 0.501 e. The van der Waals surface area contributed by atoms with Crippen LogP contribution >= 0.6 is 0 Å². The van der Waals surface area contributed by atoms with Gasteiger partial charge in [0, 0.05) is 12.0 Å². The van der Waals surface area contributed by atoms with Crippen LogP contribution in [-0.2, 0) is 20.9 Å². The maximum absolute atomic E-state index is 11.4. The van der Waals surface area contributed by atoms with Crippen molar-refractivity contribution in [2.24, 2.45) is 0 Å². The van der Waals surface area contributed by atoms with Gasteiger partial charge in [0.25, 0.3) is 0 Å². The molecule has 1 aliphatic heterocycles. The summed E-state index contributed by atoms with van der Waals surface area (Å²) in [6.07, 6.45) is 5.17. The summed E-state index contributed by atoms with van der Waals surface area (Å²) in [5.74, 6) is 0.827. The number of hydrogen-bond donors (Lipinski definition) is 1. The Hall–Kier alpha value is -2.27. The fourth-order valence-electron chi connectivity index (χ4n) is 2.08. The molecule has 0 bridgehead atoms. The van der Waals surface area contributed by atoms with Crippen LogP contribution in [-0.4, -0.2) is 31.4 Å². The van der Waals surface area contributed by atoms with Gasteiger partial charge in [-0.2, -0.15) is 0 Å². The molecular weight excluding hydrogens is 272 g/mol. The molecule has 5 heteroatoms. The zero-order valence-corrected chi connectivity index (χ0v) is 12.0. The van der Waals surface area contributed by atoms with Gasteiger partial charge in [0.1, 0.15) is 17.6 Å². The van der Waals surface area contributed by atoms with Gasteiger partial charge in [0.15, 0.2) is 0 Å². The SMILES string of the molecule is COC1=CC(=O)OC(/C=C/c2ccc(CO)c(OC)c2)C1. The number of methoxy groups -OCH3 is 2. The van der Waals surface area contributed by atoms with E-state index in [0.29, 0.717) is 17.9 Å². The van der Waals surface area contributed by atoms with Crippen LogP contribution in [0.1, 0.15) is 17.5 Å². The topological polar surface area (TPSA) is 65.0 Å². The van der Waals surface area contributed by atoms with Crippen LogP contribution < -0.4 is 4.74 Å². The first-order valence-electron chi connectivity index (χ1n) is 6.57. The predicted molar refractivity (Wildman–Crippen MR) is 77.5 cm³/mol. The number of esters is 1. The molecule has 0 saturated carbocycles. The van der Waals surface area contributed by atoms with E-state index in [1.54, 1.807) is 19.3 Å². The average molecular weight is 290 g/mol. The second kappa shape index (κ2) is 6.95. The van der Waals surface area contributed by atoms with Gasteiger partial charge in [0.05, 0.1) is 26.9 Å². The number of hydrogen-bond acceptors (Lipinski definition) is 5. The van der Waals surface area contributed by atoms with E-state index >= 15 is 0 Å². The van der Waals surface area contributed by atoms with E-state index in [1.807, 2.05) is 18.2 Å². The smallest absolute Gasteiger partial charge is 0.334 e. The third-order valence-corrected chi connectivity index (χ3v) is 3.20. The van der Waals surface area contributed by atoms with E-state index in [0.717, 1.165) is 11.1 Å². The Bertz CT molecular complexity index is 574. The highest BCUT2D eigenvalue weighted by molar-refractivity contribution is 5.83. The molecule has 2 rings (SSSR count). The number of aliphatic hydroxyl groups is 1. The van der Waals surface area contributed by atoms with Crippen LogP contribution in [0.4, 0.5) is 0 Å².